The number of carbonyl (C=O) groups excluding carboxylic acids is 2. The zero-order chi connectivity index (χ0) is 21.0. The van der Waals surface area contributed by atoms with E-state index in [0.717, 1.165) is 18.2 Å². The molecule has 8 heteroatoms. The van der Waals surface area contributed by atoms with Crippen molar-refractivity contribution in [2.75, 3.05) is 11.9 Å². The predicted molar refractivity (Wildman–Crippen MR) is 113 cm³/mol. The van der Waals surface area contributed by atoms with Gasteiger partial charge in [-0.1, -0.05) is 24.6 Å². The quantitative estimate of drug-likeness (QED) is 0.650. The fourth-order valence-corrected chi connectivity index (χ4v) is 3.01. The Kier molecular flexibility index (Phi) is 6.29. The van der Waals surface area contributed by atoms with Gasteiger partial charge in [0.25, 0.3) is 11.5 Å². The molecule has 2 amide bonds. The van der Waals surface area contributed by atoms with Crippen molar-refractivity contribution in [1.29, 1.82) is 0 Å². The Morgan fingerprint density at radius 1 is 1.17 bits per heavy atom. The number of fused-ring (bicyclic) bond motifs is 1. The Bertz CT molecular complexity index is 1140. The summed E-state index contributed by atoms with van der Waals surface area (Å²) in [4.78, 5) is 41.0. The van der Waals surface area contributed by atoms with Crippen LogP contribution in [0.3, 0.4) is 0 Å². The number of carbonyl (C=O) groups is 2. The SMILES string of the molecule is CCCNC(=O)c1ccc2c(c1)ncc(=O)n2CC(=O)Nc1ccc(C)c(Cl)c1. The number of hydrogen-bond donors (Lipinski definition) is 2. The van der Waals surface area contributed by atoms with Gasteiger partial charge in [0.1, 0.15) is 6.54 Å². The number of rotatable bonds is 6. The molecule has 0 saturated heterocycles. The molecule has 29 heavy (non-hydrogen) atoms. The van der Waals surface area contributed by atoms with Gasteiger partial charge in [0, 0.05) is 22.8 Å². The minimum atomic E-state index is -0.405. The highest BCUT2D eigenvalue weighted by molar-refractivity contribution is 6.31. The van der Waals surface area contributed by atoms with Gasteiger partial charge in [0.05, 0.1) is 17.2 Å². The molecule has 2 aromatic carbocycles. The van der Waals surface area contributed by atoms with Crippen LogP contribution in [-0.4, -0.2) is 27.9 Å². The molecule has 0 aliphatic rings. The van der Waals surface area contributed by atoms with Gasteiger partial charge >= 0.3 is 0 Å². The highest BCUT2D eigenvalue weighted by atomic mass is 35.5. The maximum atomic E-state index is 12.5. The van der Waals surface area contributed by atoms with Crippen LogP contribution in [0.15, 0.2) is 47.4 Å². The molecule has 0 saturated carbocycles. The lowest BCUT2D eigenvalue weighted by atomic mass is 10.1. The van der Waals surface area contributed by atoms with Crippen molar-refractivity contribution in [3.05, 3.63) is 69.1 Å². The molecule has 0 aliphatic carbocycles. The first-order valence-corrected chi connectivity index (χ1v) is 9.60. The molecule has 150 valence electrons. The Morgan fingerprint density at radius 3 is 2.69 bits per heavy atom. The van der Waals surface area contributed by atoms with E-state index in [1.165, 1.54) is 4.57 Å². The van der Waals surface area contributed by atoms with Crippen LogP contribution < -0.4 is 16.2 Å². The molecule has 3 rings (SSSR count). The Morgan fingerprint density at radius 2 is 1.97 bits per heavy atom. The standard InChI is InChI=1S/C21H21ClN4O3/c1-3-8-23-21(29)14-5-7-18-17(9-14)24-11-20(28)26(18)12-19(27)25-15-6-4-13(2)16(22)10-15/h4-7,9-11H,3,8,12H2,1-2H3,(H,23,29)(H,25,27). The zero-order valence-electron chi connectivity index (χ0n) is 16.2. The van der Waals surface area contributed by atoms with E-state index in [1.807, 2.05) is 13.8 Å². The summed E-state index contributed by atoms with van der Waals surface area (Å²) in [7, 11) is 0. The van der Waals surface area contributed by atoms with Crippen LogP contribution in [0.2, 0.25) is 5.02 Å². The Balaban J connectivity index is 1.85. The molecule has 7 nitrogen and oxygen atoms in total. The summed E-state index contributed by atoms with van der Waals surface area (Å²) in [6.45, 7) is 4.22. The van der Waals surface area contributed by atoms with Crippen molar-refractivity contribution < 1.29 is 9.59 Å². The van der Waals surface area contributed by atoms with E-state index < -0.39 is 5.56 Å². The molecule has 0 bridgehead atoms. The van der Waals surface area contributed by atoms with Crippen molar-refractivity contribution in [3.8, 4) is 0 Å². The lowest BCUT2D eigenvalue weighted by Crippen LogP contribution is -2.28. The molecule has 0 spiro atoms. The highest BCUT2D eigenvalue weighted by Crippen LogP contribution is 2.20. The summed E-state index contributed by atoms with van der Waals surface area (Å²) in [6.07, 6.45) is 1.98. The third-order valence-corrected chi connectivity index (χ3v) is 4.81. The van der Waals surface area contributed by atoms with E-state index in [1.54, 1.807) is 36.4 Å². The number of amides is 2. The van der Waals surface area contributed by atoms with Gasteiger partial charge in [0.2, 0.25) is 5.91 Å². The predicted octanol–water partition coefficient (Wildman–Crippen LogP) is 3.14. The largest absolute Gasteiger partial charge is 0.352 e. The number of halogens is 1. The van der Waals surface area contributed by atoms with Crippen molar-refractivity contribution in [2.45, 2.75) is 26.8 Å². The van der Waals surface area contributed by atoms with Crippen molar-refractivity contribution in [3.63, 3.8) is 0 Å². The van der Waals surface area contributed by atoms with Crippen LogP contribution in [0.5, 0.6) is 0 Å². The van der Waals surface area contributed by atoms with Gasteiger partial charge in [-0.25, -0.2) is 4.98 Å². The normalized spacial score (nSPS) is 10.7. The second-order valence-corrected chi connectivity index (χ2v) is 7.06. The summed E-state index contributed by atoms with van der Waals surface area (Å²) in [5.41, 5.74) is 2.42. The van der Waals surface area contributed by atoms with Gasteiger partial charge in [-0.05, 0) is 49.2 Å². The third-order valence-electron chi connectivity index (χ3n) is 4.40. The molecule has 0 aliphatic heterocycles. The van der Waals surface area contributed by atoms with E-state index in [0.29, 0.717) is 33.9 Å². The number of aromatic nitrogens is 2. The lowest BCUT2D eigenvalue weighted by molar-refractivity contribution is -0.116. The summed E-state index contributed by atoms with van der Waals surface area (Å²) < 4.78 is 1.32. The number of nitrogens with zero attached hydrogens (tertiary/aromatic N) is 2. The van der Waals surface area contributed by atoms with E-state index in [4.69, 9.17) is 11.6 Å². The summed E-state index contributed by atoms with van der Waals surface area (Å²) in [6, 6.07) is 10.0. The summed E-state index contributed by atoms with van der Waals surface area (Å²) in [5, 5.41) is 6.08. The molecule has 0 unspecified atom stereocenters. The second kappa shape index (κ2) is 8.87. The first-order chi connectivity index (χ1) is 13.9. The zero-order valence-corrected chi connectivity index (χ0v) is 16.9. The van der Waals surface area contributed by atoms with E-state index in [2.05, 4.69) is 15.6 Å². The first-order valence-electron chi connectivity index (χ1n) is 9.23. The summed E-state index contributed by atoms with van der Waals surface area (Å²) in [5.74, 6) is -0.577. The van der Waals surface area contributed by atoms with Crippen LogP contribution in [0.4, 0.5) is 5.69 Å². The molecule has 0 radical (unpaired) electrons. The smallest absolute Gasteiger partial charge is 0.269 e. The number of benzene rings is 2. The van der Waals surface area contributed by atoms with Crippen molar-refractivity contribution in [1.82, 2.24) is 14.9 Å². The van der Waals surface area contributed by atoms with Crippen LogP contribution in [0.25, 0.3) is 11.0 Å². The van der Waals surface area contributed by atoms with E-state index in [9.17, 15) is 14.4 Å². The van der Waals surface area contributed by atoms with Crippen LogP contribution in [0.1, 0.15) is 29.3 Å². The molecule has 1 heterocycles. The number of aryl methyl sites for hydroxylation is 1. The average Bonchev–Trinajstić information content (AvgIpc) is 2.70. The van der Waals surface area contributed by atoms with Crippen molar-refractivity contribution in [2.24, 2.45) is 0 Å². The number of nitrogens with one attached hydrogen (secondary N) is 2. The lowest BCUT2D eigenvalue weighted by Gasteiger charge is -2.11. The molecule has 1 aromatic heterocycles. The van der Waals surface area contributed by atoms with Gasteiger partial charge in [0.15, 0.2) is 0 Å². The second-order valence-electron chi connectivity index (χ2n) is 6.65. The third kappa shape index (κ3) is 4.81. The fourth-order valence-electron chi connectivity index (χ4n) is 2.83. The topological polar surface area (TPSA) is 93.1 Å². The molecular formula is C21H21ClN4O3. The Hall–Kier alpha value is -3.19. The molecular weight excluding hydrogens is 392 g/mol. The minimum Gasteiger partial charge on any atom is -0.352 e. The number of hydrogen-bond acceptors (Lipinski definition) is 4. The average molecular weight is 413 g/mol. The first kappa shape index (κ1) is 20.5. The van der Waals surface area contributed by atoms with Gasteiger partial charge < -0.3 is 10.6 Å². The van der Waals surface area contributed by atoms with Crippen LogP contribution in [-0.2, 0) is 11.3 Å². The highest BCUT2D eigenvalue weighted by Gasteiger charge is 2.12. The van der Waals surface area contributed by atoms with Crippen LogP contribution >= 0.6 is 11.6 Å². The monoisotopic (exact) mass is 412 g/mol. The molecule has 2 N–H and O–H groups in total. The van der Waals surface area contributed by atoms with Gasteiger partial charge in [-0.2, -0.15) is 0 Å². The maximum Gasteiger partial charge on any atom is 0.269 e. The van der Waals surface area contributed by atoms with Gasteiger partial charge in [-0.3, -0.25) is 19.0 Å². The number of anilines is 1. The van der Waals surface area contributed by atoms with Gasteiger partial charge in [-0.15, -0.1) is 0 Å². The van der Waals surface area contributed by atoms with E-state index in [-0.39, 0.29) is 18.4 Å². The molecule has 3 aromatic rings. The fraction of sp³-hybridized carbons (Fsp3) is 0.238. The van der Waals surface area contributed by atoms with Crippen molar-refractivity contribution >= 4 is 40.1 Å². The minimum absolute atomic E-state index is 0.190. The maximum absolute atomic E-state index is 12.5. The Labute approximate surface area is 172 Å². The molecule has 0 atom stereocenters. The summed E-state index contributed by atoms with van der Waals surface area (Å²) >= 11 is 6.09. The van der Waals surface area contributed by atoms with Crippen LogP contribution in [0, 0.1) is 6.92 Å². The van der Waals surface area contributed by atoms with E-state index >= 15 is 0 Å². The molecule has 0 fully saturated rings.